The van der Waals surface area contributed by atoms with Crippen molar-refractivity contribution >= 4 is 5.91 Å². The van der Waals surface area contributed by atoms with Crippen LogP contribution in [0, 0.1) is 11.3 Å². The molecule has 1 aliphatic rings. The largest absolute Gasteiger partial charge is 0.381 e. The second kappa shape index (κ2) is 11.7. The van der Waals surface area contributed by atoms with Crippen molar-refractivity contribution in [2.75, 3.05) is 13.2 Å². The van der Waals surface area contributed by atoms with E-state index in [1.165, 1.54) is 5.56 Å². The van der Waals surface area contributed by atoms with Crippen LogP contribution in [-0.2, 0) is 11.3 Å². The third kappa shape index (κ3) is 6.12. The lowest BCUT2D eigenvalue weighted by Crippen LogP contribution is -2.34. The Morgan fingerprint density at radius 3 is 2.51 bits per heavy atom. The molecule has 5 rings (SSSR count). The Morgan fingerprint density at radius 1 is 0.973 bits per heavy atom. The van der Waals surface area contributed by atoms with Gasteiger partial charge in [-0.15, -0.1) is 0 Å². The van der Waals surface area contributed by atoms with E-state index in [4.69, 9.17) is 9.26 Å². The standard InChI is InChI=1S/C30H28N4O3/c31-19-28(22-5-2-1-3-6-22)33-30(35)25-8-4-7-24(17-25)27-18-29(37-34-27)23-11-9-21(10-12-23)20-32-26-13-15-36-16-14-26/h1-12,17-18,26,28,32H,13-16,20H2,(H,33,35). The van der Waals surface area contributed by atoms with Crippen LogP contribution in [0.1, 0.15) is 40.4 Å². The molecule has 2 heterocycles. The maximum atomic E-state index is 12.9. The van der Waals surface area contributed by atoms with Gasteiger partial charge in [0.25, 0.3) is 5.91 Å². The molecule has 1 amide bonds. The molecule has 37 heavy (non-hydrogen) atoms. The molecule has 7 heteroatoms. The maximum absolute atomic E-state index is 12.9. The number of ether oxygens (including phenoxy) is 1. The zero-order valence-electron chi connectivity index (χ0n) is 20.4. The summed E-state index contributed by atoms with van der Waals surface area (Å²) in [6.07, 6.45) is 2.10. The minimum absolute atomic E-state index is 0.328. The summed E-state index contributed by atoms with van der Waals surface area (Å²) in [7, 11) is 0. The van der Waals surface area contributed by atoms with Crippen molar-refractivity contribution in [1.29, 1.82) is 5.26 Å². The van der Waals surface area contributed by atoms with Gasteiger partial charge in [0.05, 0.1) is 6.07 Å². The quantitative estimate of drug-likeness (QED) is 0.348. The minimum Gasteiger partial charge on any atom is -0.381 e. The van der Waals surface area contributed by atoms with Crippen molar-refractivity contribution in [3.63, 3.8) is 0 Å². The van der Waals surface area contributed by atoms with Crippen molar-refractivity contribution in [1.82, 2.24) is 15.8 Å². The predicted molar refractivity (Wildman–Crippen MR) is 140 cm³/mol. The number of carbonyl (C=O) groups excluding carboxylic acids is 1. The van der Waals surface area contributed by atoms with Gasteiger partial charge in [0.15, 0.2) is 5.76 Å². The molecule has 1 atom stereocenters. The summed E-state index contributed by atoms with van der Waals surface area (Å²) >= 11 is 0. The van der Waals surface area contributed by atoms with Gasteiger partial charge in [0, 0.05) is 48.6 Å². The number of rotatable bonds is 8. The fourth-order valence-corrected chi connectivity index (χ4v) is 4.37. The van der Waals surface area contributed by atoms with Crippen molar-refractivity contribution in [2.45, 2.75) is 31.5 Å². The Hall–Kier alpha value is -4.25. The Kier molecular flexibility index (Phi) is 7.70. The number of aromatic nitrogens is 1. The summed E-state index contributed by atoms with van der Waals surface area (Å²) < 4.78 is 11.0. The van der Waals surface area contributed by atoms with E-state index in [1.54, 1.807) is 18.2 Å². The number of hydrogen-bond acceptors (Lipinski definition) is 6. The highest BCUT2D eigenvalue weighted by molar-refractivity contribution is 5.95. The van der Waals surface area contributed by atoms with Crippen LogP contribution in [0.2, 0.25) is 0 Å². The molecule has 1 fully saturated rings. The van der Waals surface area contributed by atoms with Crippen LogP contribution in [0.5, 0.6) is 0 Å². The van der Waals surface area contributed by atoms with Crippen molar-refractivity contribution in [2.24, 2.45) is 0 Å². The van der Waals surface area contributed by atoms with Crippen LogP contribution in [-0.4, -0.2) is 30.3 Å². The molecule has 0 spiro atoms. The lowest BCUT2D eigenvalue weighted by molar-refractivity contribution is 0.0776. The number of benzene rings is 3. The number of hydrogen-bond donors (Lipinski definition) is 2. The highest BCUT2D eigenvalue weighted by Crippen LogP contribution is 2.27. The van der Waals surface area contributed by atoms with Crippen LogP contribution >= 0.6 is 0 Å². The Bertz CT molecular complexity index is 1370. The van der Waals surface area contributed by atoms with Crippen molar-refractivity contribution in [3.05, 3.63) is 102 Å². The van der Waals surface area contributed by atoms with E-state index in [-0.39, 0.29) is 5.91 Å². The van der Waals surface area contributed by atoms with E-state index in [0.717, 1.165) is 49.3 Å². The van der Waals surface area contributed by atoms with Gasteiger partial charge in [0.1, 0.15) is 11.7 Å². The molecule has 4 aromatic rings. The molecule has 0 aliphatic carbocycles. The minimum atomic E-state index is -0.731. The summed E-state index contributed by atoms with van der Waals surface area (Å²) in [5.74, 6) is 0.327. The monoisotopic (exact) mass is 492 g/mol. The number of carbonyl (C=O) groups is 1. The van der Waals surface area contributed by atoms with E-state index < -0.39 is 6.04 Å². The number of nitrogens with zero attached hydrogens (tertiary/aromatic N) is 2. The van der Waals surface area contributed by atoms with E-state index in [9.17, 15) is 10.1 Å². The Labute approximate surface area is 216 Å². The number of amides is 1. The van der Waals surface area contributed by atoms with Crippen molar-refractivity contribution in [3.8, 4) is 28.7 Å². The molecule has 0 radical (unpaired) electrons. The van der Waals surface area contributed by atoms with Crippen LogP contribution < -0.4 is 10.6 Å². The SMILES string of the molecule is N#CC(NC(=O)c1cccc(-c2cc(-c3ccc(CNC4CCOCC4)cc3)on2)c1)c1ccccc1. The third-order valence-corrected chi connectivity index (χ3v) is 6.52. The molecule has 0 bridgehead atoms. The van der Waals surface area contributed by atoms with Gasteiger partial charge in [0.2, 0.25) is 0 Å². The van der Waals surface area contributed by atoms with Crippen LogP contribution in [0.4, 0.5) is 0 Å². The van der Waals surface area contributed by atoms with E-state index in [1.807, 2.05) is 54.6 Å². The summed E-state index contributed by atoms with van der Waals surface area (Å²) in [6.45, 7) is 2.47. The molecule has 2 N–H and O–H groups in total. The second-order valence-corrected chi connectivity index (χ2v) is 9.07. The van der Waals surface area contributed by atoms with Gasteiger partial charge < -0.3 is 19.9 Å². The summed E-state index contributed by atoms with van der Waals surface area (Å²) in [6, 6.07) is 28.4. The van der Waals surface area contributed by atoms with E-state index in [0.29, 0.717) is 23.1 Å². The zero-order chi connectivity index (χ0) is 25.5. The van der Waals surface area contributed by atoms with Gasteiger partial charge in [-0.25, -0.2) is 0 Å². The fourth-order valence-electron chi connectivity index (χ4n) is 4.37. The molecular weight excluding hydrogens is 464 g/mol. The van der Waals surface area contributed by atoms with Gasteiger partial charge in [-0.2, -0.15) is 5.26 Å². The van der Waals surface area contributed by atoms with Crippen molar-refractivity contribution < 1.29 is 14.1 Å². The summed E-state index contributed by atoms with van der Waals surface area (Å²) in [4.78, 5) is 12.9. The second-order valence-electron chi connectivity index (χ2n) is 9.07. The molecule has 0 saturated carbocycles. The molecule has 1 aliphatic heterocycles. The first kappa shape index (κ1) is 24.4. The molecule has 7 nitrogen and oxygen atoms in total. The summed E-state index contributed by atoms with van der Waals surface area (Å²) in [5, 5.41) is 20.1. The van der Waals surface area contributed by atoms with Gasteiger partial charge in [-0.05, 0) is 36.1 Å². The van der Waals surface area contributed by atoms with Crippen LogP contribution in [0.3, 0.4) is 0 Å². The number of nitriles is 1. The molecule has 1 aromatic heterocycles. The topological polar surface area (TPSA) is 100 Å². The fraction of sp³-hybridized carbons (Fsp3) is 0.233. The Morgan fingerprint density at radius 2 is 1.76 bits per heavy atom. The summed E-state index contributed by atoms with van der Waals surface area (Å²) in [5.41, 5.74) is 4.71. The predicted octanol–water partition coefficient (Wildman–Crippen LogP) is 5.27. The maximum Gasteiger partial charge on any atom is 0.252 e. The number of nitrogens with one attached hydrogen (secondary N) is 2. The average Bonchev–Trinajstić information content (AvgIpc) is 3.47. The first-order valence-electron chi connectivity index (χ1n) is 12.4. The molecule has 186 valence electrons. The van der Waals surface area contributed by atoms with Gasteiger partial charge >= 0.3 is 0 Å². The lowest BCUT2D eigenvalue weighted by Gasteiger charge is -2.23. The molecule has 1 saturated heterocycles. The smallest absolute Gasteiger partial charge is 0.252 e. The highest BCUT2D eigenvalue weighted by Gasteiger charge is 2.17. The lowest BCUT2D eigenvalue weighted by atomic mass is 10.0. The third-order valence-electron chi connectivity index (χ3n) is 6.52. The van der Waals surface area contributed by atoms with E-state index in [2.05, 4.69) is 34.0 Å². The first-order valence-corrected chi connectivity index (χ1v) is 12.4. The zero-order valence-corrected chi connectivity index (χ0v) is 20.4. The average molecular weight is 493 g/mol. The first-order chi connectivity index (χ1) is 18.2. The molecule has 1 unspecified atom stereocenters. The van der Waals surface area contributed by atoms with Crippen LogP contribution in [0.15, 0.2) is 89.5 Å². The normalized spacial score (nSPS) is 14.6. The van der Waals surface area contributed by atoms with Crippen LogP contribution in [0.25, 0.3) is 22.6 Å². The highest BCUT2D eigenvalue weighted by atomic mass is 16.5. The Balaban J connectivity index is 1.24. The van der Waals surface area contributed by atoms with Gasteiger partial charge in [-0.1, -0.05) is 71.9 Å². The molecular formula is C30H28N4O3. The van der Waals surface area contributed by atoms with E-state index >= 15 is 0 Å². The molecule has 3 aromatic carbocycles. The van der Waals surface area contributed by atoms with Gasteiger partial charge in [-0.3, -0.25) is 4.79 Å².